The molecule has 0 aromatic heterocycles. The number of aliphatic imine (C=N–C) groups is 1. The molecule has 28 heavy (non-hydrogen) atoms. The molecule has 0 aliphatic carbocycles. The Balaban J connectivity index is 1.85. The van der Waals surface area contributed by atoms with E-state index in [4.69, 9.17) is 4.74 Å². The van der Waals surface area contributed by atoms with E-state index in [0.29, 0.717) is 24.6 Å². The highest BCUT2D eigenvalue weighted by Gasteiger charge is 2.07. The van der Waals surface area contributed by atoms with Crippen molar-refractivity contribution in [1.29, 1.82) is 0 Å². The maximum atomic E-state index is 11.9. The Bertz CT molecular complexity index is 785. The van der Waals surface area contributed by atoms with E-state index < -0.39 is 0 Å². The van der Waals surface area contributed by atoms with Crippen molar-refractivity contribution in [2.75, 3.05) is 27.7 Å². The van der Waals surface area contributed by atoms with Crippen molar-refractivity contribution in [3.8, 4) is 5.75 Å². The molecule has 0 aliphatic rings. The van der Waals surface area contributed by atoms with Gasteiger partial charge >= 0.3 is 0 Å². The fourth-order valence-electron chi connectivity index (χ4n) is 2.58. The molecule has 1 amide bonds. The van der Waals surface area contributed by atoms with Gasteiger partial charge in [0.05, 0.1) is 6.61 Å². The van der Waals surface area contributed by atoms with Gasteiger partial charge in [-0.25, -0.2) is 0 Å². The van der Waals surface area contributed by atoms with Gasteiger partial charge in [0, 0.05) is 39.8 Å². The lowest BCUT2D eigenvalue weighted by Gasteiger charge is -2.14. The van der Waals surface area contributed by atoms with Crippen LogP contribution in [-0.4, -0.2) is 44.5 Å². The molecule has 6 nitrogen and oxygen atoms in total. The zero-order valence-corrected chi connectivity index (χ0v) is 17.2. The molecular formula is C22H30N4O2. The van der Waals surface area contributed by atoms with E-state index in [9.17, 15) is 4.79 Å². The van der Waals surface area contributed by atoms with E-state index >= 15 is 0 Å². The Labute approximate surface area is 167 Å². The first-order chi connectivity index (χ1) is 13.5. The van der Waals surface area contributed by atoms with Crippen molar-refractivity contribution in [3.63, 3.8) is 0 Å². The SMILES string of the molecule is CCCOc1cccc(CNC(=NC)NCc2ccc(C(=O)N(C)C)cc2)c1. The number of carbonyl (C=O) groups is 1. The average molecular weight is 383 g/mol. The van der Waals surface area contributed by atoms with Gasteiger partial charge in [0.15, 0.2) is 5.96 Å². The smallest absolute Gasteiger partial charge is 0.253 e. The van der Waals surface area contributed by atoms with E-state index in [1.807, 2.05) is 42.5 Å². The van der Waals surface area contributed by atoms with Crippen LogP contribution in [0.1, 0.15) is 34.8 Å². The van der Waals surface area contributed by atoms with Crippen LogP contribution in [0.5, 0.6) is 5.75 Å². The molecule has 0 atom stereocenters. The zero-order valence-electron chi connectivity index (χ0n) is 17.2. The van der Waals surface area contributed by atoms with Crippen LogP contribution in [0.3, 0.4) is 0 Å². The van der Waals surface area contributed by atoms with E-state index in [-0.39, 0.29) is 5.91 Å². The van der Waals surface area contributed by atoms with E-state index in [1.54, 1.807) is 26.0 Å². The Morgan fingerprint density at radius 3 is 2.32 bits per heavy atom. The molecule has 2 aromatic carbocycles. The van der Waals surface area contributed by atoms with Gasteiger partial charge in [0.2, 0.25) is 0 Å². The molecule has 6 heteroatoms. The Morgan fingerprint density at radius 2 is 1.71 bits per heavy atom. The predicted octanol–water partition coefficient (Wildman–Crippen LogP) is 3.04. The molecule has 0 heterocycles. The third-order valence-corrected chi connectivity index (χ3v) is 4.12. The second kappa shape index (κ2) is 11.0. The van der Waals surface area contributed by atoms with Crippen molar-refractivity contribution < 1.29 is 9.53 Å². The monoisotopic (exact) mass is 382 g/mol. The largest absolute Gasteiger partial charge is 0.494 e. The quantitative estimate of drug-likeness (QED) is 0.544. The first-order valence-corrected chi connectivity index (χ1v) is 9.50. The number of carbonyl (C=O) groups excluding carboxylic acids is 1. The van der Waals surface area contributed by atoms with Gasteiger partial charge in [-0.1, -0.05) is 31.2 Å². The fraction of sp³-hybridized carbons (Fsp3) is 0.364. The molecule has 0 aliphatic heterocycles. The summed E-state index contributed by atoms with van der Waals surface area (Å²) in [5.74, 6) is 1.60. The summed E-state index contributed by atoms with van der Waals surface area (Å²) < 4.78 is 5.67. The summed E-state index contributed by atoms with van der Waals surface area (Å²) in [5, 5.41) is 6.59. The second-order valence-corrected chi connectivity index (χ2v) is 6.67. The van der Waals surface area contributed by atoms with Gasteiger partial charge in [-0.05, 0) is 41.8 Å². The van der Waals surface area contributed by atoms with Crippen molar-refractivity contribution in [2.45, 2.75) is 26.4 Å². The van der Waals surface area contributed by atoms with Crippen molar-refractivity contribution in [2.24, 2.45) is 4.99 Å². The normalized spacial score (nSPS) is 11.1. The lowest BCUT2D eigenvalue weighted by molar-refractivity contribution is 0.0827. The maximum Gasteiger partial charge on any atom is 0.253 e. The van der Waals surface area contributed by atoms with E-state index in [0.717, 1.165) is 29.9 Å². The van der Waals surface area contributed by atoms with Crippen molar-refractivity contribution in [3.05, 3.63) is 65.2 Å². The molecule has 2 aromatic rings. The highest BCUT2D eigenvalue weighted by Crippen LogP contribution is 2.13. The number of hydrogen-bond acceptors (Lipinski definition) is 3. The molecular weight excluding hydrogens is 352 g/mol. The molecule has 0 fully saturated rings. The third kappa shape index (κ3) is 6.61. The third-order valence-electron chi connectivity index (χ3n) is 4.12. The number of amides is 1. The summed E-state index contributed by atoms with van der Waals surface area (Å²) in [6.45, 7) is 4.09. The zero-order chi connectivity index (χ0) is 20.4. The molecule has 0 unspecified atom stereocenters. The molecule has 0 spiro atoms. The van der Waals surface area contributed by atoms with Crippen molar-refractivity contribution >= 4 is 11.9 Å². The Kier molecular flexibility index (Phi) is 8.34. The lowest BCUT2D eigenvalue weighted by Crippen LogP contribution is -2.36. The summed E-state index contributed by atoms with van der Waals surface area (Å²) in [5.41, 5.74) is 2.89. The first kappa shape index (κ1) is 21.3. The molecule has 2 N–H and O–H groups in total. The van der Waals surface area contributed by atoms with Crippen LogP contribution in [0.15, 0.2) is 53.5 Å². The van der Waals surface area contributed by atoms with Gasteiger partial charge < -0.3 is 20.3 Å². The summed E-state index contributed by atoms with van der Waals surface area (Å²) in [4.78, 5) is 17.8. The number of benzene rings is 2. The van der Waals surface area contributed by atoms with Gasteiger partial charge in [-0.2, -0.15) is 0 Å². The van der Waals surface area contributed by atoms with E-state index in [1.165, 1.54) is 0 Å². The fourth-order valence-corrected chi connectivity index (χ4v) is 2.58. The lowest BCUT2D eigenvalue weighted by atomic mass is 10.1. The van der Waals surface area contributed by atoms with Gasteiger partial charge in [0.1, 0.15) is 5.75 Å². The summed E-state index contributed by atoms with van der Waals surface area (Å²) in [7, 11) is 5.24. The standard InChI is InChI=1S/C22H30N4O2/c1-5-13-28-20-8-6-7-18(14-20)16-25-22(23-2)24-15-17-9-11-19(12-10-17)21(27)26(3)4/h6-12,14H,5,13,15-16H2,1-4H3,(H2,23,24,25). The topological polar surface area (TPSA) is 66.0 Å². The molecule has 0 saturated carbocycles. The Morgan fingerprint density at radius 1 is 1.04 bits per heavy atom. The Hall–Kier alpha value is -3.02. The van der Waals surface area contributed by atoms with Crippen LogP contribution in [0, 0.1) is 0 Å². The summed E-state index contributed by atoms with van der Waals surface area (Å²) >= 11 is 0. The van der Waals surface area contributed by atoms with Gasteiger partial charge in [0.25, 0.3) is 5.91 Å². The number of guanidine groups is 1. The minimum atomic E-state index is 0.00197. The number of rotatable bonds is 8. The second-order valence-electron chi connectivity index (χ2n) is 6.67. The van der Waals surface area contributed by atoms with E-state index in [2.05, 4.69) is 28.6 Å². The average Bonchev–Trinajstić information content (AvgIpc) is 2.72. The first-order valence-electron chi connectivity index (χ1n) is 9.50. The summed E-state index contributed by atoms with van der Waals surface area (Å²) in [6, 6.07) is 15.6. The van der Waals surface area contributed by atoms with Crippen LogP contribution >= 0.6 is 0 Å². The molecule has 0 radical (unpaired) electrons. The highest BCUT2D eigenvalue weighted by molar-refractivity contribution is 5.93. The van der Waals surface area contributed by atoms with Crippen LogP contribution in [0.4, 0.5) is 0 Å². The molecule has 2 rings (SSSR count). The van der Waals surface area contributed by atoms with Crippen molar-refractivity contribution in [1.82, 2.24) is 15.5 Å². The van der Waals surface area contributed by atoms with Gasteiger partial charge in [-0.15, -0.1) is 0 Å². The number of hydrogen-bond donors (Lipinski definition) is 2. The number of ether oxygens (including phenoxy) is 1. The number of nitrogens with zero attached hydrogens (tertiary/aromatic N) is 2. The maximum absolute atomic E-state index is 11.9. The minimum Gasteiger partial charge on any atom is -0.494 e. The molecule has 0 bridgehead atoms. The van der Waals surface area contributed by atoms with Crippen LogP contribution in [-0.2, 0) is 13.1 Å². The van der Waals surface area contributed by atoms with Crippen LogP contribution < -0.4 is 15.4 Å². The molecule has 0 saturated heterocycles. The van der Waals surface area contributed by atoms with Crippen LogP contribution in [0.2, 0.25) is 0 Å². The highest BCUT2D eigenvalue weighted by atomic mass is 16.5. The molecule has 150 valence electrons. The predicted molar refractivity (Wildman–Crippen MR) is 114 cm³/mol. The van der Waals surface area contributed by atoms with Crippen LogP contribution in [0.25, 0.3) is 0 Å². The van der Waals surface area contributed by atoms with Gasteiger partial charge in [-0.3, -0.25) is 9.79 Å². The summed E-state index contributed by atoms with van der Waals surface area (Å²) in [6.07, 6.45) is 0.989. The number of nitrogens with one attached hydrogen (secondary N) is 2. The minimum absolute atomic E-state index is 0.00197.